The van der Waals surface area contributed by atoms with Crippen LogP contribution in [0, 0.1) is 27.7 Å². The molecule has 0 heterocycles. The van der Waals surface area contributed by atoms with Gasteiger partial charge in [-0.1, -0.05) is 24.3 Å². The van der Waals surface area contributed by atoms with Gasteiger partial charge in [-0.3, -0.25) is 0 Å². The van der Waals surface area contributed by atoms with E-state index in [1.54, 1.807) is 64.1 Å². The minimum Gasteiger partial charge on any atom is -0.744 e. The van der Waals surface area contributed by atoms with Crippen LogP contribution in [-0.2, 0) is 20.2 Å². The topological polar surface area (TPSA) is 196 Å². The molecule has 0 atom stereocenters. The predicted molar refractivity (Wildman–Crippen MR) is 171 cm³/mol. The standard InChI is InChI=1S/C32H29N5O7S2.2Na/c1-18-12-21(4)30(28(13-18)45(39,40)41)36-34-26-14-20(3)27(15-19(26)2)35-37-31-29(46(42,43)44)17-22-16-24(10-11-25(22)32(31)38)33-23-8-6-5-7-9-23;;/h5-17,33,38H,1-4H3,(H,39,40,41)(H,42,43,44);;/q;2*+1/p-2. The first-order valence-electron chi connectivity index (χ1n) is 13.7. The zero-order chi connectivity index (χ0) is 33.4. The van der Waals surface area contributed by atoms with Crippen LogP contribution in [-0.4, -0.2) is 31.0 Å². The third-order valence-corrected chi connectivity index (χ3v) is 8.79. The Morgan fingerprint density at radius 1 is 0.604 bits per heavy atom. The molecule has 0 bridgehead atoms. The number of fused-ring (bicyclic) bond motifs is 1. The second kappa shape index (κ2) is 15.7. The number of para-hydroxylation sites is 1. The number of rotatable bonds is 8. The fraction of sp³-hybridized carbons (Fsp3) is 0.125. The molecule has 0 aliphatic heterocycles. The monoisotopic (exact) mass is 703 g/mol. The van der Waals surface area contributed by atoms with Crippen LogP contribution in [0.1, 0.15) is 22.3 Å². The van der Waals surface area contributed by atoms with Gasteiger partial charge in [0.1, 0.15) is 31.6 Å². The quantitative estimate of drug-likeness (QED) is 0.139. The molecular weight excluding hydrogens is 676 g/mol. The first-order chi connectivity index (χ1) is 21.6. The molecular formula is C32H27N5Na2O7S2. The smallest absolute Gasteiger partial charge is 0.744 e. The van der Waals surface area contributed by atoms with Crippen LogP contribution >= 0.6 is 0 Å². The van der Waals surface area contributed by atoms with E-state index in [2.05, 4.69) is 25.8 Å². The van der Waals surface area contributed by atoms with Crippen LogP contribution in [0.5, 0.6) is 5.75 Å². The maximum Gasteiger partial charge on any atom is 1.00 e. The van der Waals surface area contributed by atoms with Crippen molar-refractivity contribution in [3.05, 3.63) is 101 Å². The molecule has 0 spiro atoms. The van der Waals surface area contributed by atoms with E-state index in [-0.39, 0.29) is 75.9 Å². The van der Waals surface area contributed by atoms with E-state index < -0.39 is 41.5 Å². The Morgan fingerprint density at radius 3 is 1.71 bits per heavy atom. The van der Waals surface area contributed by atoms with Crippen molar-refractivity contribution in [2.24, 2.45) is 20.5 Å². The molecule has 0 aliphatic rings. The summed E-state index contributed by atoms with van der Waals surface area (Å²) in [6.07, 6.45) is 0. The first-order valence-corrected chi connectivity index (χ1v) is 16.5. The Bertz CT molecular complexity index is 2300. The zero-order valence-electron chi connectivity index (χ0n) is 27.0. The molecule has 5 aromatic rings. The Hall–Kier alpha value is -3.02. The van der Waals surface area contributed by atoms with Crippen LogP contribution in [0.3, 0.4) is 0 Å². The molecule has 0 saturated heterocycles. The van der Waals surface area contributed by atoms with Crippen LogP contribution in [0.25, 0.3) is 10.8 Å². The summed E-state index contributed by atoms with van der Waals surface area (Å²) in [4.78, 5) is -1.22. The third kappa shape index (κ3) is 8.95. The fourth-order valence-electron chi connectivity index (χ4n) is 4.85. The number of hydrogen-bond acceptors (Lipinski definition) is 12. The van der Waals surface area contributed by atoms with Crippen molar-refractivity contribution in [3.63, 3.8) is 0 Å². The van der Waals surface area contributed by atoms with E-state index in [0.29, 0.717) is 39.0 Å². The maximum absolute atomic E-state index is 12.3. The molecule has 0 radical (unpaired) electrons. The summed E-state index contributed by atoms with van der Waals surface area (Å²) in [5, 5.41) is 31.2. The summed E-state index contributed by atoms with van der Waals surface area (Å²) < 4.78 is 72.3. The van der Waals surface area contributed by atoms with Gasteiger partial charge >= 0.3 is 59.1 Å². The van der Waals surface area contributed by atoms with Gasteiger partial charge in [-0.15, -0.1) is 10.2 Å². The molecule has 16 heteroatoms. The predicted octanol–water partition coefficient (Wildman–Crippen LogP) is 2.17. The van der Waals surface area contributed by atoms with E-state index >= 15 is 0 Å². The second-order valence-corrected chi connectivity index (χ2v) is 13.4. The van der Waals surface area contributed by atoms with Crippen LogP contribution in [0.4, 0.5) is 34.1 Å². The van der Waals surface area contributed by atoms with Gasteiger partial charge in [0, 0.05) is 16.8 Å². The van der Waals surface area contributed by atoms with Crippen molar-refractivity contribution in [2.45, 2.75) is 37.5 Å². The molecule has 236 valence electrons. The van der Waals surface area contributed by atoms with Gasteiger partial charge in [-0.05, 0) is 110 Å². The number of anilines is 2. The Balaban J connectivity index is 0.00000312. The van der Waals surface area contributed by atoms with Crippen molar-refractivity contribution in [1.82, 2.24) is 0 Å². The van der Waals surface area contributed by atoms with Crippen LogP contribution < -0.4 is 64.4 Å². The van der Waals surface area contributed by atoms with E-state index in [0.717, 1.165) is 11.8 Å². The minimum atomic E-state index is -5.08. The number of phenolic OH excluding ortho intramolecular Hbond substituents is 1. The average molecular weight is 704 g/mol. The molecule has 0 aliphatic carbocycles. The van der Waals surface area contributed by atoms with Crippen LogP contribution in [0.2, 0.25) is 0 Å². The largest absolute Gasteiger partial charge is 1.00 e. The zero-order valence-corrected chi connectivity index (χ0v) is 32.6. The fourth-order valence-corrected chi connectivity index (χ4v) is 6.27. The molecule has 12 nitrogen and oxygen atoms in total. The summed E-state index contributed by atoms with van der Waals surface area (Å²) in [7, 11) is -9.89. The SMILES string of the molecule is Cc1cc(C)c(N=Nc2cc(C)c(N=Nc3c(S(=O)(=O)[O-])cc4cc(Nc5ccccc5)ccc4c3O)cc2C)c(S(=O)(=O)[O-])c1.[Na+].[Na+]. The van der Waals surface area contributed by atoms with Gasteiger partial charge in [0.25, 0.3) is 0 Å². The first kappa shape index (κ1) is 39.4. The van der Waals surface area contributed by atoms with Crippen molar-refractivity contribution in [3.8, 4) is 5.75 Å². The maximum atomic E-state index is 12.3. The molecule has 0 amide bonds. The number of aromatic hydroxyl groups is 1. The third-order valence-electron chi connectivity index (χ3n) is 7.09. The number of phenols is 1. The molecule has 2 N–H and O–H groups in total. The summed E-state index contributed by atoms with van der Waals surface area (Å²) in [6.45, 7) is 6.64. The molecule has 0 fully saturated rings. The van der Waals surface area contributed by atoms with Crippen LogP contribution in [0.15, 0.2) is 109 Å². The van der Waals surface area contributed by atoms with Gasteiger partial charge in [0.05, 0.1) is 21.2 Å². The summed E-state index contributed by atoms with van der Waals surface area (Å²) in [5.74, 6) is -0.528. The van der Waals surface area contributed by atoms with Crippen molar-refractivity contribution < 1.29 is 90.2 Å². The van der Waals surface area contributed by atoms with Gasteiger partial charge in [-0.2, -0.15) is 10.2 Å². The molecule has 0 unspecified atom stereocenters. The molecule has 5 rings (SSSR count). The second-order valence-electron chi connectivity index (χ2n) is 10.7. The molecule has 0 saturated carbocycles. The minimum absolute atomic E-state index is 0. The van der Waals surface area contributed by atoms with Crippen molar-refractivity contribution >= 4 is 65.1 Å². The number of nitrogens with zero attached hydrogens (tertiary/aromatic N) is 4. The normalized spacial score (nSPS) is 11.9. The van der Waals surface area contributed by atoms with E-state index in [9.17, 15) is 31.0 Å². The number of hydrogen-bond donors (Lipinski definition) is 2. The average Bonchev–Trinajstić information content (AvgIpc) is 2.97. The number of nitrogens with one attached hydrogen (secondary N) is 1. The number of aryl methyl sites for hydroxylation is 4. The summed E-state index contributed by atoms with van der Waals surface area (Å²) >= 11 is 0. The van der Waals surface area contributed by atoms with E-state index in [1.807, 2.05) is 30.3 Å². The number of azo groups is 2. The van der Waals surface area contributed by atoms with Gasteiger partial charge in [0.2, 0.25) is 0 Å². The van der Waals surface area contributed by atoms with Gasteiger partial charge in [0.15, 0.2) is 5.75 Å². The Kier molecular flexibility index (Phi) is 12.9. The Morgan fingerprint density at radius 2 is 1.15 bits per heavy atom. The molecule has 0 aromatic heterocycles. The van der Waals surface area contributed by atoms with Gasteiger partial charge in [-0.25, -0.2) is 16.8 Å². The molecule has 48 heavy (non-hydrogen) atoms. The number of benzene rings is 5. The molecule has 5 aromatic carbocycles. The Labute approximate surface area is 322 Å². The summed E-state index contributed by atoms with van der Waals surface area (Å²) in [6, 6.07) is 21.4. The van der Waals surface area contributed by atoms with E-state index in [1.165, 1.54) is 6.07 Å². The summed E-state index contributed by atoms with van der Waals surface area (Å²) in [5.41, 5.74) is 3.55. The van der Waals surface area contributed by atoms with Crippen molar-refractivity contribution in [2.75, 3.05) is 5.32 Å². The van der Waals surface area contributed by atoms with Gasteiger partial charge < -0.3 is 19.5 Å². The van der Waals surface area contributed by atoms with E-state index in [4.69, 9.17) is 0 Å². The van der Waals surface area contributed by atoms with Crippen molar-refractivity contribution in [1.29, 1.82) is 0 Å².